The molecule has 21 heavy (non-hydrogen) atoms. The molecule has 2 aromatic carbocycles. The molecule has 0 radical (unpaired) electrons. The molecule has 2 atom stereocenters. The summed E-state index contributed by atoms with van der Waals surface area (Å²) in [6.07, 6.45) is 9.44. The molecule has 0 nitrogen and oxygen atoms in total. The van der Waals surface area contributed by atoms with Crippen molar-refractivity contribution in [1.29, 1.82) is 0 Å². The topological polar surface area (TPSA) is 0 Å². The van der Waals surface area contributed by atoms with Crippen LogP contribution in [0, 0.1) is 0 Å². The van der Waals surface area contributed by atoms with E-state index < -0.39 is 0 Å². The summed E-state index contributed by atoms with van der Waals surface area (Å²) in [5, 5.41) is 0. The zero-order valence-electron chi connectivity index (χ0n) is 12.7. The first-order valence-corrected chi connectivity index (χ1v) is 8.57. The van der Waals surface area contributed by atoms with Gasteiger partial charge in [-0.25, -0.2) is 0 Å². The third-order valence-electron chi connectivity index (χ3n) is 5.56. The highest BCUT2D eigenvalue weighted by Crippen LogP contribution is 2.42. The summed E-state index contributed by atoms with van der Waals surface area (Å²) in [6.45, 7) is 0. The van der Waals surface area contributed by atoms with Gasteiger partial charge in [-0.15, -0.1) is 0 Å². The third kappa shape index (κ3) is 2.52. The Kier molecular flexibility index (Phi) is 3.55. The summed E-state index contributed by atoms with van der Waals surface area (Å²) in [5.41, 5.74) is 6.51. The number of fused-ring (bicyclic) bond motifs is 2. The van der Waals surface area contributed by atoms with E-state index in [4.69, 9.17) is 0 Å². The van der Waals surface area contributed by atoms with Gasteiger partial charge in [0.15, 0.2) is 0 Å². The first-order chi connectivity index (χ1) is 10.4. The molecule has 0 bridgehead atoms. The van der Waals surface area contributed by atoms with Gasteiger partial charge in [-0.3, -0.25) is 0 Å². The van der Waals surface area contributed by atoms with Crippen molar-refractivity contribution in [3.05, 3.63) is 70.8 Å². The van der Waals surface area contributed by atoms with Gasteiger partial charge in [-0.2, -0.15) is 0 Å². The summed E-state index contributed by atoms with van der Waals surface area (Å²) in [4.78, 5) is 0. The van der Waals surface area contributed by atoms with Crippen LogP contribution in [0.2, 0.25) is 0 Å². The van der Waals surface area contributed by atoms with E-state index in [1.165, 1.54) is 44.9 Å². The minimum Gasteiger partial charge on any atom is -0.0620 e. The van der Waals surface area contributed by atoms with Gasteiger partial charge in [0.25, 0.3) is 0 Å². The van der Waals surface area contributed by atoms with Crippen molar-refractivity contribution in [3.63, 3.8) is 0 Å². The van der Waals surface area contributed by atoms with Crippen molar-refractivity contribution in [2.75, 3.05) is 0 Å². The Morgan fingerprint density at radius 1 is 0.667 bits per heavy atom. The maximum Gasteiger partial charge on any atom is -0.0153 e. The van der Waals surface area contributed by atoms with E-state index in [1.807, 2.05) is 0 Å². The van der Waals surface area contributed by atoms with Crippen LogP contribution in [-0.4, -0.2) is 0 Å². The number of hydrogen-bond donors (Lipinski definition) is 0. The van der Waals surface area contributed by atoms with Crippen molar-refractivity contribution in [1.82, 2.24) is 0 Å². The lowest BCUT2D eigenvalue weighted by molar-refractivity contribution is 0.434. The van der Waals surface area contributed by atoms with Crippen LogP contribution < -0.4 is 0 Å². The van der Waals surface area contributed by atoms with Crippen molar-refractivity contribution in [3.8, 4) is 0 Å². The zero-order valence-corrected chi connectivity index (χ0v) is 12.7. The predicted octanol–water partition coefficient (Wildman–Crippen LogP) is 5.62. The minimum absolute atomic E-state index is 0.783. The quantitative estimate of drug-likeness (QED) is 0.668. The molecule has 108 valence electrons. The van der Waals surface area contributed by atoms with Crippen LogP contribution in [0.1, 0.15) is 66.2 Å². The average molecular weight is 276 g/mol. The van der Waals surface area contributed by atoms with Gasteiger partial charge < -0.3 is 0 Å². The van der Waals surface area contributed by atoms with E-state index in [-0.39, 0.29) is 0 Å². The molecule has 0 N–H and O–H groups in total. The van der Waals surface area contributed by atoms with Crippen molar-refractivity contribution >= 4 is 0 Å². The first kappa shape index (κ1) is 13.1. The van der Waals surface area contributed by atoms with Gasteiger partial charge in [0.1, 0.15) is 0 Å². The molecule has 4 rings (SSSR count). The Morgan fingerprint density at radius 2 is 1.14 bits per heavy atom. The fourth-order valence-electron chi connectivity index (χ4n) is 4.54. The normalized spacial score (nSPS) is 24.2. The van der Waals surface area contributed by atoms with Gasteiger partial charge in [0, 0.05) is 0 Å². The standard InChI is InChI=1S/C21H24/c1-3-13-20-16(7-1)9-5-11-18(20)15-19-12-6-10-17-8-2-4-14-21(17)19/h1-4,7-8,13-14,18-19H,5-6,9-12,15H2. The minimum atomic E-state index is 0.783. The Labute approximate surface area is 128 Å². The molecular weight excluding hydrogens is 252 g/mol. The summed E-state index contributed by atoms with van der Waals surface area (Å²) in [6, 6.07) is 18.3. The average Bonchev–Trinajstić information content (AvgIpc) is 2.56. The van der Waals surface area contributed by atoms with Crippen LogP contribution in [0.15, 0.2) is 48.5 Å². The lowest BCUT2D eigenvalue weighted by Crippen LogP contribution is -2.16. The molecule has 0 saturated carbocycles. The number of rotatable bonds is 2. The predicted molar refractivity (Wildman–Crippen MR) is 88.9 cm³/mol. The molecule has 0 heteroatoms. The maximum atomic E-state index is 2.38. The molecule has 0 spiro atoms. The van der Waals surface area contributed by atoms with Crippen LogP contribution in [0.3, 0.4) is 0 Å². The molecule has 0 amide bonds. The highest BCUT2D eigenvalue weighted by atomic mass is 14.3. The van der Waals surface area contributed by atoms with Crippen LogP contribution in [0.25, 0.3) is 0 Å². The number of benzene rings is 2. The SMILES string of the molecule is c1ccc2c(c1)CCCC2CC1CCCc2ccccc21. The summed E-state index contributed by atoms with van der Waals surface area (Å²) in [7, 11) is 0. The van der Waals surface area contributed by atoms with E-state index in [1.54, 1.807) is 22.3 Å². The highest BCUT2D eigenvalue weighted by molar-refractivity contribution is 5.36. The van der Waals surface area contributed by atoms with Crippen LogP contribution >= 0.6 is 0 Å². The molecular formula is C21H24. The van der Waals surface area contributed by atoms with Crippen molar-refractivity contribution in [2.24, 2.45) is 0 Å². The molecule has 0 aliphatic heterocycles. The molecule has 0 fully saturated rings. The first-order valence-electron chi connectivity index (χ1n) is 8.57. The smallest absolute Gasteiger partial charge is 0.0153 e. The van der Waals surface area contributed by atoms with Gasteiger partial charge in [-0.05, 0) is 79.0 Å². The van der Waals surface area contributed by atoms with Crippen LogP contribution in [0.5, 0.6) is 0 Å². The van der Waals surface area contributed by atoms with Gasteiger partial charge >= 0.3 is 0 Å². The Hall–Kier alpha value is -1.56. The van der Waals surface area contributed by atoms with Crippen molar-refractivity contribution < 1.29 is 0 Å². The van der Waals surface area contributed by atoms with E-state index in [0.29, 0.717) is 0 Å². The fourth-order valence-corrected chi connectivity index (χ4v) is 4.54. The van der Waals surface area contributed by atoms with E-state index in [2.05, 4.69) is 48.5 Å². The van der Waals surface area contributed by atoms with Gasteiger partial charge in [-0.1, -0.05) is 48.5 Å². The maximum absolute atomic E-state index is 2.38. The Morgan fingerprint density at radius 3 is 1.67 bits per heavy atom. The molecule has 2 unspecified atom stereocenters. The van der Waals surface area contributed by atoms with E-state index in [9.17, 15) is 0 Å². The lowest BCUT2D eigenvalue weighted by Gasteiger charge is -2.32. The summed E-state index contributed by atoms with van der Waals surface area (Å²) >= 11 is 0. The molecule has 0 aromatic heterocycles. The second kappa shape index (κ2) is 5.67. The largest absolute Gasteiger partial charge is 0.0620 e. The number of hydrogen-bond acceptors (Lipinski definition) is 0. The van der Waals surface area contributed by atoms with Crippen LogP contribution in [0.4, 0.5) is 0 Å². The second-order valence-electron chi connectivity index (χ2n) is 6.81. The van der Waals surface area contributed by atoms with Gasteiger partial charge in [0.2, 0.25) is 0 Å². The Bertz CT molecular complexity index is 570. The molecule has 2 aliphatic carbocycles. The molecule has 2 aliphatic rings. The summed E-state index contributed by atoms with van der Waals surface area (Å²) < 4.78 is 0. The molecule has 0 heterocycles. The Balaban J connectivity index is 1.61. The molecule has 0 saturated heterocycles. The summed E-state index contributed by atoms with van der Waals surface area (Å²) in [5.74, 6) is 1.57. The number of aryl methyl sites for hydroxylation is 2. The lowest BCUT2D eigenvalue weighted by atomic mass is 9.73. The van der Waals surface area contributed by atoms with E-state index in [0.717, 1.165) is 11.8 Å². The van der Waals surface area contributed by atoms with Crippen LogP contribution in [-0.2, 0) is 12.8 Å². The molecule has 2 aromatic rings. The van der Waals surface area contributed by atoms with Gasteiger partial charge in [0.05, 0.1) is 0 Å². The van der Waals surface area contributed by atoms with Crippen molar-refractivity contribution in [2.45, 2.75) is 56.8 Å². The third-order valence-corrected chi connectivity index (χ3v) is 5.56. The second-order valence-corrected chi connectivity index (χ2v) is 6.81. The zero-order chi connectivity index (χ0) is 14.1. The highest BCUT2D eigenvalue weighted by Gasteiger charge is 2.26. The van der Waals surface area contributed by atoms with E-state index >= 15 is 0 Å². The fraction of sp³-hybridized carbons (Fsp3) is 0.429. The monoisotopic (exact) mass is 276 g/mol.